The van der Waals surface area contributed by atoms with Crippen LogP contribution in [0, 0.1) is 5.92 Å². The molecule has 14 nitrogen and oxygen atoms in total. The Morgan fingerprint density at radius 1 is 1.28 bits per heavy atom. The molecule has 290 valence electrons. The molecule has 4 heterocycles. The van der Waals surface area contributed by atoms with Gasteiger partial charge in [-0.25, -0.2) is 9.59 Å². The van der Waals surface area contributed by atoms with Crippen LogP contribution in [0.25, 0.3) is 12.2 Å². The van der Waals surface area contributed by atoms with E-state index in [1.807, 2.05) is 13.0 Å². The average molecular weight is 766 g/mol. The second-order valence-electron chi connectivity index (χ2n) is 14.1. The quantitative estimate of drug-likeness (QED) is 0.263. The maximum absolute atomic E-state index is 14.1. The highest BCUT2D eigenvalue weighted by atomic mass is 35.5. The number of rotatable bonds is 6. The van der Waals surface area contributed by atoms with E-state index in [1.54, 1.807) is 70.3 Å². The van der Waals surface area contributed by atoms with Crippen LogP contribution in [0.5, 0.6) is 5.75 Å². The summed E-state index contributed by atoms with van der Waals surface area (Å²) in [6.45, 7) is 11.0. The van der Waals surface area contributed by atoms with Crippen LogP contribution in [0.15, 0.2) is 60.5 Å². The summed E-state index contributed by atoms with van der Waals surface area (Å²) in [5, 5.41) is 17.2. The van der Waals surface area contributed by atoms with E-state index in [2.05, 4.69) is 22.2 Å². The lowest BCUT2D eigenvalue weighted by molar-refractivity contribution is -0.142. The molecule has 5 N–H and O–H groups in total. The Kier molecular flexibility index (Phi) is 12.1. The van der Waals surface area contributed by atoms with Crippen molar-refractivity contribution >= 4 is 53.2 Å². The fraction of sp³-hybridized carbons (Fsp3) is 0.436. The predicted octanol–water partition coefficient (Wildman–Crippen LogP) is 5.73. The van der Waals surface area contributed by atoms with Crippen molar-refractivity contribution in [2.24, 2.45) is 11.7 Å². The number of halogens is 1. The molecular weight excluding hydrogens is 718 g/mol. The van der Waals surface area contributed by atoms with E-state index >= 15 is 0 Å². The van der Waals surface area contributed by atoms with Crippen molar-refractivity contribution in [1.82, 2.24) is 10.3 Å². The van der Waals surface area contributed by atoms with Crippen LogP contribution in [-0.4, -0.2) is 85.2 Å². The number of anilines is 2. The van der Waals surface area contributed by atoms with Gasteiger partial charge in [-0.1, -0.05) is 55.0 Å². The first kappa shape index (κ1) is 40.3. The summed E-state index contributed by atoms with van der Waals surface area (Å²) in [6.07, 6.45) is 4.79. The lowest BCUT2D eigenvalue weighted by atomic mass is 9.83. The normalized spacial score (nSPS) is 30.5. The van der Waals surface area contributed by atoms with Crippen LogP contribution in [-0.2, 0) is 30.2 Å². The molecule has 5 rings (SSSR count). The number of nitrogens with one attached hydrogen (secondary N) is 2. The van der Waals surface area contributed by atoms with Gasteiger partial charge in [0.05, 0.1) is 42.9 Å². The van der Waals surface area contributed by atoms with Gasteiger partial charge in [0, 0.05) is 37.8 Å². The summed E-state index contributed by atoms with van der Waals surface area (Å²) in [4.78, 5) is 46.3. The molecule has 1 aromatic heterocycles. The van der Waals surface area contributed by atoms with Crippen molar-refractivity contribution in [2.45, 2.75) is 82.7 Å². The molecule has 2 fully saturated rings. The van der Waals surface area contributed by atoms with Gasteiger partial charge in [-0.05, 0) is 57.0 Å². The number of amides is 3. The molecule has 1 aromatic carbocycles. The number of nitrogens with zero attached hydrogens (tertiary/aromatic N) is 2. The molecule has 54 heavy (non-hydrogen) atoms. The molecular formula is C39H48ClN5O9. The number of epoxide rings is 1. The van der Waals surface area contributed by atoms with Crippen molar-refractivity contribution in [1.29, 1.82) is 0 Å². The van der Waals surface area contributed by atoms with Crippen molar-refractivity contribution in [3.05, 3.63) is 82.3 Å². The molecule has 0 aliphatic carbocycles. The molecule has 2 saturated heterocycles. The first-order valence-corrected chi connectivity index (χ1v) is 17.8. The number of benzene rings is 1. The molecule has 2 aromatic rings. The highest BCUT2D eigenvalue weighted by Crippen LogP contribution is 2.49. The number of aliphatic hydroxyl groups is 1. The van der Waals surface area contributed by atoms with Gasteiger partial charge in [-0.2, -0.15) is 0 Å². The number of nitrogens with two attached hydrogens (primary N) is 1. The zero-order chi connectivity index (χ0) is 39.5. The van der Waals surface area contributed by atoms with Gasteiger partial charge in [0.25, 0.3) is 0 Å². The van der Waals surface area contributed by atoms with E-state index < -0.39 is 59.8 Å². The summed E-state index contributed by atoms with van der Waals surface area (Å²) in [6, 6.07) is 5.25. The number of alkyl carbamates (subject to hydrolysis) is 1. The maximum atomic E-state index is 14.1. The Hall–Kier alpha value is -4.89. The number of hydrogen-bond donors (Lipinski definition) is 4. The van der Waals surface area contributed by atoms with Crippen molar-refractivity contribution in [3.8, 4) is 5.75 Å². The summed E-state index contributed by atoms with van der Waals surface area (Å²) in [7, 11) is 4.50. The van der Waals surface area contributed by atoms with Gasteiger partial charge in [0.1, 0.15) is 34.7 Å². The molecule has 15 heteroatoms. The molecule has 3 aliphatic rings. The van der Waals surface area contributed by atoms with Crippen LogP contribution < -0.4 is 26.0 Å². The number of pyridine rings is 1. The Bertz CT molecular complexity index is 1900. The first-order chi connectivity index (χ1) is 25.5. The van der Waals surface area contributed by atoms with E-state index in [-0.39, 0.29) is 17.9 Å². The van der Waals surface area contributed by atoms with Gasteiger partial charge >= 0.3 is 12.2 Å². The van der Waals surface area contributed by atoms with E-state index in [4.69, 9.17) is 41.0 Å². The largest absolute Gasteiger partial charge is 0.495 e. The summed E-state index contributed by atoms with van der Waals surface area (Å²) < 4.78 is 29.1. The van der Waals surface area contributed by atoms with Gasteiger partial charge < -0.3 is 39.4 Å². The van der Waals surface area contributed by atoms with Crippen LogP contribution in [0.1, 0.15) is 57.4 Å². The van der Waals surface area contributed by atoms with Gasteiger partial charge in [-0.15, -0.1) is 0 Å². The Morgan fingerprint density at radius 2 is 2.02 bits per heavy atom. The highest BCUT2D eigenvalue weighted by Gasteiger charge is 2.64. The maximum Gasteiger partial charge on any atom is 0.412 e. The Balaban J connectivity index is 1.53. The Morgan fingerprint density at radius 3 is 2.69 bits per heavy atom. The van der Waals surface area contributed by atoms with Gasteiger partial charge in [0.2, 0.25) is 5.91 Å². The first-order valence-electron chi connectivity index (χ1n) is 17.4. The van der Waals surface area contributed by atoms with Crippen LogP contribution in [0.2, 0.25) is 5.02 Å². The summed E-state index contributed by atoms with van der Waals surface area (Å²) >= 11 is 6.76. The number of ether oxygens (including phenoxy) is 5. The van der Waals surface area contributed by atoms with E-state index in [0.29, 0.717) is 40.5 Å². The third-order valence-corrected chi connectivity index (χ3v) is 10.4. The lowest BCUT2D eigenvalue weighted by Gasteiger charge is -2.42. The number of aromatic nitrogens is 1. The Labute approximate surface area is 319 Å². The molecule has 3 aliphatic heterocycles. The molecule has 3 amide bonds. The van der Waals surface area contributed by atoms with Crippen LogP contribution in [0.3, 0.4) is 0 Å². The highest BCUT2D eigenvalue weighted by molar-refractivity contribution is 6.35. The zero-order valence-corrected chi connectivity index (χ0v) is 32.2. The van der Waals surface area contributed by atoms with E-state index in [0.717, 1.165) is 11.1 Å². The lowest BCUT2D eigenvalue weighted by Crippen LogP contribution is -2.63. The average Bonchev–Trinajstić information content (AvgIpc) is 3.81. The fourth-order valence-electron chi connectivity index (χ4n) is 6.94. The topological polar surface area (TPSA) is 187 Å². The predicted molar refractivity (Wildman–Crippen MR) is 205 cm³/mol. The molecule has 0 spiro atoms. The van der Waals surface area contributed by atoms with Crippen LogP contribution in [0.4, 0.5) is 21.0 Å². The SMILES string of the molecule is C=Cc1cc(NC(=O)O[C@H]2CC(=O)N(C)c3cc(cc(OC)c3Cl)C/C(C)=C/C=C/[C@@H](OC)[C@@]3(O)C[C@H](OC(=O)N3)[C@@H](C)[C@@H]3O[C@@]23C)cnc1/C=C(\C)N. The second kappa shape index (κ2) is 16.2. The molecule has 7 atom stereocenters. The smallest absolute Gasteiger partial charge is 0.412 e. The number of carbonyl (C=O) groups is 3. The van der Waals surface area contributed by atoms with E-state index in [1.165, 1.54) is 25.3 Å². The fourth-order valence-corrected chi connectivity index (χ4v) is 7.26. The third kappa shape index (κ3) is 8.73. The number of allylic oxidation sites excluding steroid dienone is 4. The van der Waals surface area contributed by atoms with E-state index in [9.17, 15) is 19.5 Å². The van der Waals surface area contributed by atoms with Crippen molar-refractivity contribution in [2.75, 3.05) is 31.5 Å². The van der Waals surface area contributed by atoms with Crippen molar-refractivity contribution in [3.63, 3.8) is 0 Å². The minimum absolute atomic E-state index is 0.0489. The second-order valence-corrected chi connectivity index (χ2v) is 14.5. The van der Waals surface area contributed by atoms with Crippen LogP contribution >= 0.6 is 11.6 Å². The zero-order valence-electron chi connectivity index (χ0n) is 31.5. The van der Waals surface area contributed by atoms with Crippen molar-refractivity contribution < 1.29 is 43.2 Å². The molecule has 0 radical (unpaired) electrons. The number of carbonyl (C=O) groups excluding carboxylic acids is 3. The molecule has 0 unspecified atom stereocenters. The molecule has 4 bridgehead atoms. The standard InChI is InChI=1S/C39H48ClN5O9/c1-9-25-17-26(20-42-27(25)14-22(3)41)43-36(47)53-32-18-33(46)45(6)28-15-24(16-29(50-7)34(28)40)13-21(2)11-10-12-31(51-8)39(49)19-30(52-37(48)44-39)23(4)35-38(32,5)54-35/h9-12,14-17,20,23,30-32,35,49H,1,13,18-19,41H2,2-8H3,(H,43,47)(H,44,48)/b12-10+,21-11+,22-14+/t23-,30+,31-,32+,35+,38+,39+/m1/s1. The van der Waals surface area contributed by atoms with Gasteiger partial charge in [0.15, 0.2) is 5.72 Å². The number of methoxy groups -OCH3 is 2. The minimum atomic E-state index is -1.82. The molecule has 0 saturated carbocycles. The third-order valence-electron chi connectivity index (χ3n) is 9.98. The number of hydrogen-bond acceptors (Lipinski definition) is 11. The summed E-state index contributed by atoms with van der Waals surface area (Å²) in [5.74, 6) is -0.585. The summed E-state index contributed by atoms with van der Waals surface area (Å²) in [5.41, 5.74) is 6.97. The minimum Gasteiger partial charge on any atom is -0.495 e. The monoisotopic (exact) mass is 765 g/mol. The number of fused-ring (bicyclic) bond motifs is 5. The van der Waals surface area contributed by atoms with Gasteiger partial charge in [-0.3, -0.25) is 20.4 Å².